The molecule has 0 aromatic rings. The molecule has 0 radical (unpaired) electrons. The summed E-state index contributed by atoms with van der Waals surface area (Å²) in [6, 6.07) is 0. The van der Waals surface area contributed by atoms with Crippen molar-refractivity contribution in [1.29, 1.82) is 0 Å². The van der Waals surface area contributed by atoms with E-state index in [1.54, 1.807) is 7.11 Å². The van der Waals surface area contributed by atoms with Crippen molar-refractivity contribution in [3.8, 4) is 0 Å². The molecule has 2 rings (SSSR count). The highest BCUT2D eigenvalue weighted by Gasteiger charge is 2.42. The minimum absolute atomic E-state index is 0.178. The van der Waals surface area contributed by atoms with Gasteiger partial charge in [-0.15, -0.1) is 0 Å². The SMILES string of the molecule is COCCC1(CNS(=O)(=O)CC2CCNCC2)CC1. The highest BCUT2D eigenvalue weighted by atomic mass is 32.2. The van der Waals surface area contributed by atoms with E-state index in [2.05, 4.69) is 10.0 Å². The van der Waals surface area contributed by atoms with E-state index < -0.39 is 10.0 Å². The van der Waals surface area contributed by atoms with Crippen LogP contribution < -0.4 is 10.0 Å². The van der Waals surface area contributed by atoms with Gasteiger partial charge in [-0.3, -0.25) is 0 Å². The maximum absolute atomic E-state index is 12.1. The zero-order chi connectivity index (χ0) is 13.8. The van der Waals surface area contributed by atoms with E-state index in [1.165, 1.54) is 0 Å². The van der Waals surface area contributed by atoms with Crippen LogP contribution >= 0.6 is 0 Å². The lowest BCUT2D eigenvalue weighted by Gasteiger charge is -2.23. The van der Waals surface area contributed by atoms with Gasteiger partial charge < -0.3 is 10.1 Å². The minimum atomic E-state index is -3.12. The van der Waals surface area contributed by atoms with Crippen LogP contribution in [0.3, 0.4) is 0 Å². The molecule has 0 unspecified atom stereocenters. The van der Waals surface area contributed by atoms with Gasteiger partial charge in [-0.05, 0) is 56.5 Å². The zero-order valence-electron chi connectivity index (χ0n) is 11.8. The van der Waals surface area contributed by atoms with E-state index in [0.29, 0.717) is 12.5 Å². The van der Waals surface area contributed by atoms with E-state index in [9.17, 15) is 8.42 Å². The van der Waals surface area contributed by atoms with Gasteiger partial charge in [0.25, 0.3) is 0 Å². The van der Waals surface area contributed by atoms with Gasteiger partial charge in [-0.1, -0.05) is 0 Å². The molecular weight excluding hydrogens is 264 g/mol. The van der Waals surface area contributed by atoms with Crippen molar-refractivity contribution >= 4 is 10.0 Å². The molecule has 0 bridgehead atoms. The Bertz CT molecular complexity index is 373. The number of hydrogen-bond acceptors (Lipinski definition) is 4. The van der Waals surface area contributed by atoms with Crippen LogP contribution in [0.25, 0.3) is 0 Å². The van der Waals surface area contributed by atoms with Crippen molar-refractivity contribution in [2.24, 2.45) is 11.3 Å². The van der Waals surface area contributed by atoms with Gasteiger partial charge in [0, 0.05) is 20.3 Å². The lowest BCUT2D eigenvalue weighted by atomic mass is 10.0. The summed E-state index contributed by atoms with van der Waals surface area (Å²) in [6.07, 6.45) is 5.13. The number of piperidine rings is 1. The lowest BCUT2D eigenvalue weighted by Crippen LogP contribution is -2.37. The number of rotatable bonds is 8. The van der Waals surface area contributed by atoms with Crippen LogP contribution in [-0.2, 0) is 14.8 Å². The second-order valence-electron chi connectivity index (χ2n) is 6.04. The first-order chi connectivity index (χ1) is 9.05. The third-order valence-corrected chi connectivity index (χ3v) is 5.87. The number of nitrogens with one attached hydrogen (secondary N) is 2. The van der Waals surface area contributed by atoms with Crippen LogP contribution in [0.2, 0.25) is 0 Å². The molecule has 1 heterocycles. The Morgan fingerprint density at radius 2 is 2.00 bits per heavy atom. The Morgan fingerprint density at radius 1 is 1.32 bits per heavy atom. The number of sulfonamides is 1. The van der Waals surface area contributed by atoms with Crippen molar-refractivity contribution in [2.75, 3.05) is 39.1 Å². The standard InChI is InChI=1S/C13H26N2O3S/c1-18-9-6-13(4-5-13)11-15-19(16,17)10-12-2-7-14-8-3-12/h12,14-15H,2-11H2,1H3. The molecule has 19 heavy (non-hydrogen) atoms. The lowest BCUT2D eigenvalue weighted by molar-refractivity contribution is 0.173. The fraction of sp³-hybridized carbons (Fsp3) is 1.00. The largest absolute Gasteiger partial charge is 0.385 e. The summed E-state index contributed by atoms with van der Waals surface area (Å²) in [6.45, 7) is 3.19. The summed E-state index contributed by atoms with van der Waals surface area (Å²) in [5, 5.41) is 3.26. The zero-order valence-corrected chi connectivity index (χ0v) is 12.6. The van der Waals surface area contributed by atoms with Crippen LogP contribution in [0.1, 0.15) is 32.1 Å². The highest BCUT2D eigenvalue weighted by Crippen LogP contribution is 2.48. The summed E-state index contributed by atoms with van der Waals surface area (Å²) in [7, 11) is -1.43. The van der Waals surface area contributed by atoms with Crippen LogP contribution in [0.5, 0.6) is 0 Å². The molecule has 0 amide bonds. The molecule has 6 heteroatoms. The molecule has 2 N–H and O–H groups in total. The number of methoxy groups -OCH3 is 1. The molecule has 1 saturated heterocycles. The summed E-state index contributed by atoms with van der Waals surface area (Å²) in [5.74, 6) is 0.600. The predicted octanol–water partition coefficient (Wildman–Crippen LogP) is 0.722. The average molecular weight is 290 g/mol. The summed E-state index contributed by atoms with van der Waals surface area (Å²) in [4.78, 5) is 0. The van der Waals surface area contributed by atoms with Crippen molar-refractivity contribution < 1.29 is 13.2 Å². The Kier molecular flexibility index (Phi) is 5.22. The number of ether oxygens (including phenoxy) is 1. The molecule has 0 aromatic carbocycles. The molecule has 0 spiro atoms. The van der Waals surface area contributed by atoms with E-state index in [-0.39, 0.29) is 11.2 Å². The van der Waals surface area contributed by atoms with Gasteiger partial charge in [0.05, 0.1) is 5.75 Å². The van der Waals surface area contributed by atoms with Crippen molar-refractivity contribution in [2.45, 2.75) is 32.1 Å². The van der Waals surface area contributed by atoms with Crippen LogP contribution in [0, 0.1) is 11.3 Å². The van der Waals surface area contributed by atoms with Crippen molar-refractivity contribution in [3.05, 3.63) is 0 Å². The first-order valence-electron chi connectivity index (χ1n) is 7.22. The summed E-state index contributed by atoms with van der Waals surface area (Å²) in [5.41, 5.74) is 0.178. The maximum atomic E-state index is 12.1. The first kappa shape index (κ1) is 15.2. The Labute approximate surface area is 116 Å². The Balaban J connectivity index is 1.74. The fourth-order valence-electron chi connectivity index (χ4n) is 2.69. The van der Waals surface area contributed by atoms with Crippen LogP contribution in [0.4, 0.5) is 0 Å². The Hall–Kier alpha value is -0.170. The van der Waals surface area contributed by atoms with E-state index in [1.807, 2.05) is 0 Å². The van der Waals surface area contributed by atoms with Gasteiger partial charge in [-0.25, -0.2) is 13.1 Å². The third kappa shape index (κ3) is 5.02. The molecule has 112 valence electrons. The molecule has 1 aliphatic carbocycles. The second-order valence-corrected chi connectivity index (χ2v) is 7.89. The molecule has 2 fully saturated rings. The van der Waals surface area contributed by atoms with E-state index >= 15 is 0 Å². The van der Waals surface area contributed by atoms with Crippen molar-refractivity contribution in [3.63, 3.8) is 0 Å². The normalized spacial score (nSPS) is 23.4. The molecular formula is C13H26N2O3S. The van der Waals surface area contributed by atoms with Gasteiger partial charge >= 0.3 is 0 Å². The summed E-state index contributed by atoms with van der Waals surface area (Å²) < 4.78 is 32.1. The van der Waals surface area contributed by atoms with Gasteiger partial charge in [0.15, 0.2) is 0 Å². The van der Waals surface area contributed by atoms with Gasteiger partial charge in [0.1, 0.15) is 0 Å². The smallest absolute Gasteiger partial charge is 0.211 e. The molecule has 0 aromatic heterocycles. The Morgan fingerprint density at radius 3 is 2.58 bits per heavy atom. The minimum Gasteiger partial charge on any atom is -0.385 e. The molecule has 2 aliphatic rings. The number of hydrogen-bond donors (Lipinski definition) is 2. The van der Waals surface area contributed by atoms with E-state index in [0.717, 1.165) is 51.8 Å². The third-order valence-electron chi connectivity index (χ3n) is 4.37. The summed E-state index contributed by atoms with van der Waals surface area (Å²) >= 11 is 0. The quantitative estimate of drug-likeness (QED) is 0.691. The topological polar surface area (TPSA) is 67.4 Å². The molecule has 1 aliphatic heterocycles. The predicted molar refractivity (Wildman–Crippen MR) is 75.5 cm³/mol. The van der Waals surface area contributed by atoms with E-state index in [4.69, 9.17) is 4.74 Å². The molecule has 0 atom stereocenters. The van der Waals surface area contributed by atoms with Gasteiger partial charge in [0.2, 0.25) is 10.0 Å². The monoisotopic (exact) mass is 290 g/mol. The average Bonchev–Trinajstić information content (AvgIpc) is 3.16. The molecule has 1 saturated carbocycles. The van der Waals surface area contributed by atoms with Crippen LogP contribution in [0.15, 0.2) is 0 Å². The van der Waals surface area contributed by atoms with Gasteiger partial charge in [-0.2, -0.15) is 0 Å². The highest BCUT2D eigenvalue weighted by molar-refractivity contribution is 7.89. The first-order valence-corrected chi connectivity index (χ1v) is 8.87. The van der Waals surface area contributed by atoms with Crippen molar-refractivity contribution in [1.82, 2.24) is 10.0 Å². The second kappa shape index (κ2) is 6.52. The fourth-order valence-corrected chi connectivity index (χ4v) is 4.29. The molecule has 5 nitrogen and oxygen atoms in total. The maximum Gasteiger partial charge on any atom is 0.211 e. The van der Waals surface area contributed by atoms with Crippen LogP contribution in [-0.4, -0.2) is 47.5 Å².